The van der Waals surface area contributed by atoms with E-state index in [0.29, 0.717) is 23.7 Å². The Kier molecular flexibility index (Phi) is 5.70. The Hall–Kier alpha value is -1.46. The van der Waals surface area contributed by atoms with E-state index in [2.05, 4.69) is 33.2 Å². The van der Waals surface area contributed by atoms with Crippen LogP contribution in [-0.2, 0) is 6.54 Å². The van der Waals surface area contributed by atoms with Gasteiger partial charge in [0.25, 0.3) is 0 Å². The highest BCUT2D eigenvalue weighted by Crippen LogP contribution is 2.27. The molecule has 0 aliphatic carbocycles. The number of rotatable bonds is 6. The van der Waals surface area contributed by atoms with Crippen LogP contribution in [0.15, 0.2) is 34.9 Å². The summed E-state index contributed by atoms with van der Waals surface area (Å²) >= 11 is 3.45. The SMILES string of the molecule is CCCNCc1cc(F)cnc1Oc1ccc(Br)c(C)c1. The van der Waals surface area contributed by atoms with E-state index in [1.54, 1.807) is 0 Å². The molecule has 3 nitrogen and oxygen atoms in total. The highest BCUT2D eigenvalue weighted by atomic mass is 79.9. The van der Waals surface area contributed by atoms with Crippen molar-refractivity contribution in [3.8, 4) is 11.6 Å². The van der Waals surface area contributed by atoms with Gasteiger partial charge in [-0.05, 0) is 49.7 Å². The van der Waals surface area contributed by atoms with Crippen LogP contribution in [0.1, 0.15) is 24.5 Å². The van der Waals surface area contributed by atoms with Gasteiger partial charge in [0.15, 0.2) is 0 Å². The molecule has 0 radical (unpaired) electrons. The van der Waals surface area contributed by atoms with Gasteiger partial charge in [0.2, 0.25) is 5.88 Å². The van der Waals surface area contributed by atoms with Crippen molar-refractivity contribution in [2.24, 2.45) is 0 Å². The Morgan fingerprint density at radius 3 is 2.86 bits per heavy atom. The Balaban J connectivity index is 2.19. The quantitative estimate of drug-likeness (QED) is 0.772. The van der Waals surface area contributed by atoms with Gasteiger partial charge >= 0.3 is 0 Å². The van der Waals surface area contributed by atoms with Gasteiger partial charge < -0.3 is 10.1 Å². The second-order valence-electron chi connectivity index (χ2n) is 4.81. The summed E-state index contributed by atoms with van der Waals surface area (Å²) in [6.07, 6.45) is 2.19. The molecule has 0 spiro atoms. The van der Waals surface area contributed by atoms with Crippen molar-refractivity contribution in [3.63, 3.8) is 0 Å². The van der Waals surface area contributed by atoms with Crippen LogP contribution in [0, 0.1) is 12.7 Å². The van der Waals surface area contributed by atoms with Crippen LogP contribution < -0.4 is 10.1 Å². The molecule has 0 amide bonds. The number of nitrogens with zero attached hydrogens (tertiary/aromatic N) is 1. The van der Waals surface area contributed by atoms with Crippen LogP contribution in [0.3, 0.4) is 0 Å². The lowest BCUT2D eigenvalue weighted by Crippen LogP contribution is -2.15. The molecule has 0 unspecified atom stereocenters. The van der Waals surface area contributed by atoms with Crippen molar-refractivity contribution in [3.05, 3.63) is 51.9 Å². The number of ether oxygens (including phenoxy) is 1. The number of aromatic nitrogens is 1. The van der Waals surface area contributed by atoms with Gasteiger partial charge in [-0.25, -0.2) is 9.37 Å². The van der Waals surface area contributed by atoms with E-state index in [1.165, 1.54) is 12.3 Å². The molecule has 2 rings (SSSR count). The average Bonchev–Trinajstić information content (AvgIpc) is 2.46. The molecular formula is C16H18BrFN2O. The summed E-state index contributed by atoms with van der Waals surface area (Å²) in [7, 11) is 0. The average molecular weight is 353 g/mol. The maximum absolute atomic E-state index is 13.4. The fourth-order valence-corrected chi connectivity index (χ4v) is 2.13. The van der Waals surface area contributed by atoms with Crippen molar-refractivity contribution in [1.82, 2.24) is 10.3 Å². The number of benzene rings is 1. The molecule has 0 aliphatic heterocycles. The molecule has 1 N–H and O–H groups in total. The molecule has 0 bridgehead atoms. The molecule has 0 atom stereocenters. The lowest BCUT2D eigenvalue weighted by Gasteiger charge is -2.11. The first-order valence-corrected chi connectivity index (χ1v) is 7.68. The van der Waals surface area contributed by atoms with Crippen molar-refractivity contribution in [1.29, 1.82) is 0 Å². The standard InChI is InChI=1S/C16H18BrFN2O/c1-3-6-19-9-12-8-13(18)10-20-16(12)21-14-4-5-15(17)11(2)7-14/h4-5,7-8,10,19H,3,6,9H2,1-2H3. The van der Waals surface area contributed by atoms with Gasteiger partial charge in [0.1, 0.15) is 11.6 Å². The molecular weight excluding hydrogens is 335 g/mol. The van der Waals surface area contributed by atoms with Gasteiger partial charge in [-0.3, -0.25) is 0 Å². The predicted octanol–water partition coefficient (Wildman–Crippen LogP) is 4.58. The largest absolute Gasteiger partial charge is 0.439 e. The predicted molar refractivity (Wildman–Crippen MR) is 85.1 cm³/mol. The van der Waals surface area contributed by atoms with Crippen molar-refractivity contribution < 1.29 is 9.13 Å². The monoisotopic (exact) mass is 352 g/mol. The second kappa shape index (κ2) is 7.52. The van der Waals surface area contributed by atoms with Crippen LogP contribution >= 0.6 is 15.9 Å². The lowest BCUT2D eigenvalue weighted by atomic mass is 10.2. The minimum atomic E-state index is -0.359. The van der Waals surface area contributed by atoms with E-state index < -0.39 is 0 Å². The molecule has 0 saturated carbocycles. The number of pyridine rings is 1. The number of nitrogens with one attached hydrogen (secondary N) is 1. The van der Waals surface area contributed by atoms with E-state index in [-0.39, 0.29) is 5.82 Å². The minimum absolute atomic E-state index is 0.359. The highest BCUT2D eigenvalue weighted by Gasteiger charge is 2.09. The second-order valence-corrected chi connectivity index (χ2v) is 5.66. The normalized spacial score (nSPS) is 10.7. The maximum atomic E-state index is 13.4. The molecule has 112 valence electrons. The van der Waals surface area contributed by atoms with Gasteiger partial charge in [0, 0.05) is 16.6 Å². The summed E-state index contributed by atoms with van der Waals surface area (Å²) < 4.78 is 20.2. The van der Waals surface area contributed by atoms with Gasteiger partial charge in [-0.1, -0.05) is 22.9 Å². The molecule has 1 heterocycles. The van der Waals surface area contributed by atoms with Crippen LogP contribution in [0.2, 0.25) is 0 Å². The van der Waals surface area contributed by atoms with E-state index >= 15 is 0 Å². The Labute approximate surface area is 132 Å². The molecule has 5 heteroatoms. The Morgan fingerprint density at radius 2 is 2.14 bits per heavy atom. The third kappa shape index (κ3) is 4.51. The van der Waals surface area contributed by atoms with Crippen LogP contribution in [0.25, 0.3) is 0 Å². The molecule has 0 fully saturated rings. The first-order valence-electron chi connectivity index (χ1n) is 6.89. The molecule has 1 aromatic heterocycles. The minimum Gasteiger partial charge on any atom is -0.439 e. The summed E-state index contributed by atoms with van der Waals surface area (Å²) in [5.41, 5.74) is 1.78. The molecule has 0 aliphatic rings. The summed E-state index contributed by atoms with van der Waals surface area (Å²) in [4.78, 5) is 4.06. The first-order chi connectivity index (χ1) is 10.1. The molecule has 0 saturated heterocycles. The summed E-state index contributed by atoms with van der Waals surface area (Å²) in [5.74, 6) is 0.760. The Morgan fingerprint density at radius 1 is 1.33 bits per heavy atom. The number of halogens is 2. The van der Waals surface area contributed by atoms with E-state index in [1.807, 2.05) is 25.1 Å². The van der Waals surface area contributed by atoms with Crippen molar-refractivity contribution in [2.75, 3.05) is 6.54 Å². The van der Waals surface area contributed by atoms with E-state index in [9.17, 15) is 4.39 Å². The third-order valence-corrected chi connectivity index (χ3v) is 3.87. The smallest absolute Gasteiger partial charge is 0.223 e. The summed E-state index contributed by atoms with van der Waals surface area (Å²) in [6, 6.07) is 7.14. The zero-order valence-corrected chi connectivity index (χ0v) is 13.7. The summed E-state index contributed by atoms with van der Waals surface area (Å²) in [5, 5.41) is 3.23. The molecule has 21 heavy (non-hydrogen) atoms. The number of hydrogen-bond donors (Lipinski definition) is 1. The van der Waals surface area contributed by atoms with Crippen LogP contribution in [0.4, 0.5) is 4.39 Å². The zero-order valence-electron chi connectivity index (χ0n) is 12.1. The van der Waals surface area contributed by atoms with Crippen molar-refractivity contribution >= 4 is 15.9 Å². The third-order valence-electron chi connectivity index (χ3n) is 2.98. The maximum Gasteiger partial charge on any atom is 0.223 e. The lowest BCUT2D eigenvalue weighted by molar-refractivity contribution is 0.448. The van der Waals surface area contributed by atoms with Crippen LogP contribution in [0.5, 0.6) is 11.6 Å². The van der Waals surface area contributed by atoms with E-state index in [0.717, 1.165) is 23.0 Å². The van der Waals surface area contributed by atoms with Crippen LogP contribution in [-0.4, -0.2) is 11.5 Å². The number of aryl methyl sites for hydroxylation is 1. The molecule has 1 aromatic carbocycles. The molecule has 2 aromatic rings. The van der Waals surface area contributed by atoms with E-state index in [4.69, 9.17) is 4.74 Å². The van der Waals surface area contributed by atoms with Gasteiger partial charge in [-0.15, -0.1) is 0 Å². The van der Waals surface area contributed by atoms with Crippen molar-refractivity contribution in [2.45, 2.75) is 26.8 Å². The number of hydrogen-bond acceptors (Lipinski definition) is 3. The summed E-state index contributed by atoms with van der Waals surface area (Å²) in [6.45, 7) is 5.47. The van der Waals surface area contributed by atoms with Gasteiger partial charge in [0.05, 0.1) is 6.20 Å². The van der Waals surface area contributed by atoms with Gasteiger partial charge in [-0.2, -0.15) is 0 Å². The fraction of sp³-hybridized carbons (Fsp3) is 0.312. The topological polar surface area (TPSA) is 34.2 Å². The Bertz CT molecular complexity index is 619. The zero-order chi connectivity index (χ0) is 15.2. The first kappa shape index (κ1) is 15.9. The highest BCUT2D eigenvalue weighted by molar-refractivity contribution is 9.10. The fourth-order valence-electron chi connectivity index (χ4n) is 1.88.